The number of carboxylic acid groups (broad SMARTS) is 1. The van der Waals surface area contributed by atoms with E-state index in [0.29, 0.717) is 10.9 Å². The van der Waals surface area contributed by atoms with Gasteiger partial charge in [-0.15, -0.1) is 0 Å². The molecule has 9 heteroatoms. The summed E-state index contributed by atoms with van der Waals surface area (Å²) in [6, 6.07) is 3.67. The topological polar surface area (TPSA) is 55.1 Å². The number of aromatic nitrogens is 2. The van der Waals surface area contributed by atoms with Crippen molar-refractivity contribution >= 4 is 17.6 Å². The molecule has 0 aliphatic carbocycles. The maximum Gasteiger partial charge on any atom is 0.433 e. The van der Waals surface area contributed by atoms with Gasteiger partial charge < -0.3 is 5.11 Å². The smallest absolute Gasteiger partial charge is 0.433 e. The molecule has 1 N–H and O–H groups in total. The summed E-state index contributed by atoms with van der Waals surface area (Å²) >= 11 is 5.67. The minimum Gasteiger partial charge on any atom is -0.478 e. The minimum atomic E-state index is -4.91. The van der Waals surface area contributed by atoms with Gasteiger partial charge in [-0.2, -0.15) is 18.3 Å². The second kappa shape index (κ2) is 5.36. The molecule has 0 saturated carbocycles. The molecule has 1 heterocycles. The van der Waals surface area contributed by atoms with Gasteiger partial charge in [-0.3, -0.25) is 4.68 Å². The van der Waals surface area contributed by atoms with E-state index in [1.807, 2.05) is 0 Å². The second-order valence-electron chi connectivity index (χ2n) is 4.08. The van der Waals surface area contributed by atoms with Crippen molar-refractivity contribution in [2.75, 3.05) is 0 Å². The van der Waals surface area contributed by atoms with Gasteiger partial charge in [-0.1, -0.05) is 23.7 Å². The van der Waals surface area contributed by atoms with E-state index in [9.17, 15) is 22.4 Å². The van der Waals surface area contributed by atoms with Crippen LogP contribution in [0.3, 0.4) is 0 Å². The third-order valence-corrected chi connectivity index (χ3v) is 3.11. The Hall–Kier alpha value is -2.09. The number of aromatic carboxylic acids is 1. The maximum absolute atomic E-state index is 13.3. The average Bonchev–Trinajstić information content (AvgIpc) is 2.79. The van der Waals surface area contributed by atoms with Gasteiger partial charge in [0.25, 0.3) is 0 Å². The SMILES string of the molecule is O=C(O)c1cnn(Cc2cccc(F)c2Cl)c1C(F)(F)F. The number of carbonyl (C=O) groups is 1. The number of hydrogen-bond donors (Lipinski definition) is 1. The summed E-state index contributed by atoms with van der Waals surface area (Å²) in [6.07, 6.45) is -4.32. The summed E-state index contributed by atoms with van der Waals surface area (Å²) in [5.41, 5.74) is -2.34. The maximum atomic E-state index is 13.3. The molecule has 1 aromatic heterocycles. The van der Waals surface area contributed by atoms with Gasteiger partial charge in [0.05, 0.1) is 17.8 Å². The highest BCUT2D eigenvalue weighted by molar-refractivity contribution is 6.31. The van der Waals surface area contributed by atoms with Crippen LogP contribution in [-0.2, 0) is 12.7 Å². The lowest BCUT2D eigenvalue weighted by molar-refractivity contribution is -0.144. The van der Waals surface area contributed by atoms with Gasteiger partial charge in [0.15, 0.2) is 5.69 Å². The van der Waals surface area contributed by atoms with Crippen molar-refractivity contribution < 1.29 is 27.5 Å². The first-order valence-corrected chi connectivity index (χ1v) is 5.88. The number of carboxylic acids is 1. The van der Waals surface area contributed by atoms with E-state index < -0.39 is 35.8 Å². The van der Waals surface area contributed by atoms with Crippen LogP contribution in [0.15, 0.2) is 24.4 Å². The van der Waals surface area contributed by atoms with Crippen LogP contribution < -0.4 is 0 Å². The predicted molar refractivity (Wildman–Crippen MR) is 64.7 cm³/mol. The average molecular weight is 323 g/mol. The van der Waals surface area contributed by atoms with Gasteiger partial charge in [-0.05, 0) is 11.6 Å². The van der Waals surface area contributed by atoms with Crippen LogP contribution in [0.2, 0.25) is 5.02 Å². The fourth-order valence-electron chi connectivity index (χ4n) is 1.79. The van der Waals surface area contributed by atoms with Crippen molar-refractivity contribution in [3.8, 4) is 0 Å². The van der Waals surface area contributed by atoms with E-state index >= 15 is 0 Å². The number of benzene rings is 1. The number of rotatable bonds is 3. The van der Waals surface area contributed by atoms with Crippen molar-refractivity contribution in [2.24, 2.45) is 0 Å². The van der Waals surface area contributed by atoms with Crippen molar-refractivity contribution in [2.45, 2.75) is 12.7 Å². The fraction of sp³-hybridized carbons (Fsp3) is 0.167. The molecule has 0 amide bonds. The van der Waals surface area contributed by atoms with E-state index in [1.54, 1.807) is 0 Å². The summed E-state index contributed by atoms with van der Waals surface area (Å²) in [7, 11) is 0. The standard InChI is InChI=1S/C12H7ClF4N2O2/c13-9-6(2-1-3-8(9)14)5-19-10(12(15,16)17)7(4-18-19)11(20)21/h1-4H,5H2,(H,20,21). The van der Waals surface area contributed by atoms with E-state index in [4.69, 9.17) is 16.7 Å². The summed E-state index contributed by atoms with van der Waals surface area (Å²) in [6.45, 7) is -0.501. The molecule has 112 valence electrons. The molecule has 2 aromatic rings. The lowest BCUT2D eigenvalue weighted by atomic mass is 10.2. The van der Waals surface area contributed by atoms with E-state index in [1.165, 1.54) is 12.1 Å². The van der Waals surface area contributed by atoms with Gasteiger partial charge in [0, 0.05) is 0 Å². The first-order valence-electron chi connectivity index (χ1n) is 5.51. The Morgan fingerprint density at radius 2 is 2.05 bits per heavy atom. The first-order chi connectivity index (χ1) is 9.71. The van der Waals surface area contributed by atoms with Crippen LogP contribution >= 0.6 is 11.6 Å². The Morgan fingerprint density at radius 1 is 1.38 bits per heavy atom. The van der Waals surface area contributed by atoms with E-state index in [2.05, 4.69) is 5.10 Å². The molecular formula is C12H7ClF4N2O2. The third-order valence-electron chi connectivity index (χ3n) is 2.69. The van der Waals surface area contributed by atoms with E-state index in [0.717, 1.165) is 6.07 Å². The zero-order chi connectivity index (χ0) is 15.8. The molecule has 0 aliphatic heterocycles. The molecule has 21 heavy (non-hydrogen) atoms. The van der Waals surface area contributed by atoms with Crippen LogP contribution in [0, 0.1) is 5.82 Å². The van der Waals surface area contributed by atoms with Crippen molar-refractivity contribution in [3.05, 3.63) is 52.1 Å². The van der Waals surface area contributed by atoms with Crippen LogP contribution in [0.1, 0.15) is 21.6 Å². The molecule has 0 unspecified atom stereocenters. The molecule has 0 atom stereocenters. The number of halogens is 5. The van der Waals surface area contributed by atoms with Crippen molar-refractivity contribution in [1.82, 2.24) is 9.78 Å². The zero-order valence-electron chi connectivity index (χ0n) is 10.2. The Morgan fingerprint density at radius 3 is 2.62 bits per heavy atom. The minimum absolute atomic E-state index is 0.0576. The lowest BCUT2D eigenvalue weighted by Gasteiger charge is -2.12. The number of nitrogens with zero attached hydrogens (tertiary/aromatic N) is 2. The Bertz CT molecular complexity index is 697. The van der Waals surface area contributed by atoms with Crippen LogP contribution in [0.25, 0.3) is 0 Å². The van der Waals surface area contributed by atoms with Crippen LogP contribution in [-0.4, -0.2) is 20.9 Å². The molecule has 1 aromatic carbocycles. The van der Waals surface area contributed by atoms with Gasteiger partial charge in [-0.25, -0.2) is 9.18 Å². The predicted octanol–water partition coefficient (Wildman–Crippen LogP) is 3.44. The van der Waals surface area contributed by atoms with Crippen molar-refractivity contribution in [1.29, 1.82) is 0 Å². The largest absolute Gasteiger partial charge is 0.478 e. The lowest BCUT2D eigenvalue weighted by Crippen LogP contribution is -2.19. The number of hydrogen-bond acceptors (Lipinski definition) is 2. The molecule has 0 fully saturated rings. The summed E-state index contributed by atoms with van der Waals surface area (Å²) in [5.74, 6) is -2.53. The molecule has 0 bridgehead atoms. The molecule has 0 aliphatic rings. The Labute approximate surface area is 120 Å². The summed E-state index contributed by atoms with van der Waals surface area (Å²) in [4.78, 5) is 10.8. The molecule has 0 saturated heterocycles. The fourth-order valence-corrected chi connectivity index (χ4v) is 1.98. The monoisotopic (exact) mass is 322 g/mol. The second-order valence-corrected chi connectivity index (χ2v) is 4.46. The zero-order valence-corrected chi connectivity index (χ0v) is 10.9. The molecule has 2 rings (SSSR count). The highest BCUT2D eigenvalue weighted by Gasteiger charge is 2.40. The Balaban J connectivity index is 2.50. The van der Waals surface area contributed by atoms with Crippen molar-refractivity contribution in [3.63, 3.8) is 0 Å². The highest BCUT2D eigenvalue weighted by Crippen LogP contribution is 2.33. The first kappa shape index (κ1) is 15.3. The quantitative estimate of drug-likeness (QED) is 0.881. The van der Waals surface area contributed by atoms with E-state index in [-0.39, 0.29) is 10.6 Å². The summed E-state index contributed by atoms with van der Waals surface area (Å²) < 4.78 is 52.6. The highest BCUT2D eigenvalue weighted by atomic mass is 35.5. The van der Waals surface area contributed by atoms with Gasteiger partial charge in [0.1, 0.15) is 11.4 Å². The molecule has 0 spiro atoms. The third kappa shape index (κ3) is 2.99. The van der Waals surface area contributed by atoms with Gasteiger partial charge >= 0.3 is 12.1 Å². The van der Waals surface area contributed by atoms with Crippen LogP contribution in [0.4, 0.5) is 17.6 Å². The Kier molecular flexibility index (Phi) is 3.91. The number of alkyl halides is 3. The summed E-state index contributed by atoms with van der Waals surface area (Å²) in [5, 5.41) is 11.8. The molecular weight excluding hydrogens is 316 g/mol. The van der Waals surface area contributed by atoms with Crippen LogP contribution in [0.5, 0.6) is 0 Å². The molecule has 4 nitrogen and oxygen atoms in total. The normalized spacial score (nSPS) is 11.7. The molecule has 0 radical (unpaired) electrons. The van der Waals surface area contributed by atoms with Gasteiger partial charge in [0.2, 0.25) is 0 Å².